The molecule has 1 aliphatic rings. The van der Waals surface area contributed by atoms with Crippen LogP contribution in [-0.4, -0.2) is 57.8 Å². The summed E-state index contributed by atoms with van der Waals surface area (Å²) in [6, 6.07) is 15.3. The minimum Gasteiger partial charge on any atom is -0.482 e. The Balaban J connectivity index is 0.000000190. The number of aromatic nitrogens is 5. The van der Waals surface area contributed by atoms with Gasteiger partial charge in [0.1, 0.15) is 23.4 Å². The van der Waals surface area contributed by atoms with Gasteiger partial charge in [-0.3, -0.25) is 14.2 Å². The number of ether oxygens (including phenoxy) is 1. The highest BCUT2D eigenvalue weighted by molar-refractivity contribution is 7.92. The van der Waals surface area contributed by atoms with Crippen LogP contribution in [0.3, 0.4) is 0 Å². The zero-order valence-electron chi connectivity index (χ0n) is 33.7. The highest BCUT2D eigenvalue weighted by Gasteiger charge is 2.26. The number of rotatable bonds is 12. The van der Waals surface area contributed by atoms with Crippen molar-refractivity contribution >= 4 is 73.1 Å². The largest absolute Gasteiger partial charge is 0.482 e. The number of benzene rings is 3. The Hall–Kier alpha value is -5.65. The molecule has 7 aromatic rings. The van der Waals surface area contributed by atoms with Crippen molar-refractivity contribution in [3.05, 3.63) is 141 Å². The minimum absolute atomic E-state index is 0.000297. The molecule has 8 rings (SSSR count). The van der Waals surface area contributed by atoms with Gasteiger partial charge in [0.25, 0.3) is 0 Å². The van der Waals surface area contributed by atoms with Gasteiger partial charge in [0.2, 0.25) is 15.8 Å². The lowest BCUT2D eigenvalue weighted by Crippen LogP contribution is -2.29. The second-order valence-electron chi connectivity index (χ2n) is 14.7. The summed E-state index contributed by atoms with van der Waals surface area (Å²) in [4.78, 5) is 24.5. The third-order valence-electron chi connectivity index (χ3n) is 10.3. The van der Waals surface area contributed by atoms with E-state index in [1.165, 1.54) is 18.3 Å². The summed E-state index contributed by atoms with van der Waals surface area (Å²) in [7, 11) is -3.84. The van der Waals surface area contributed by atoms with E-state index in [1.807, 2.05) is 17.1 Å². The number of sulfonamides is 1. The van der Waals surface area contributed by atoms with E-state index in [0.29, 0.717) is 50.4 Å². The third-order valence-corrected chi connectivity index (χ3v) is 12.7. The molecule has 328 valence electrons. The second kappa shape index (κ2) is 19.4. The Morgan fingerprint density at radius 1 is 0.937 bits per heavy atom. The van der Waals surface area contributed by atoms with Crippen LogP contribution >= 0.6 is 34.8 Å². The number of nitrogens with two attached hydrogens (primary N) is 1. The number of pyridine rings is 2. The van der Waals surface area contributed by atoms with Crippen molar-refractivity contribution in [2.75, 3.05) is 29.3 Å². The molecule has 1 fully saturated rings. The Labute approximate surface area is 376 Å². The van der Waals surface area contributed by atoms with Crippen molar-refractivity contribution in [3.63, 3.8) is 0 Å². The molecular formula is C44H40Cl3F3N8O4S. The molecule has 1 saturated heterocycles. The normalized spacial score (nSPS) is 13.7. The third kappa shape index (κ3) is 10.3. The number of anilines is 2. The Morgan fingerprint density at radius 3 is 2.37 bits per heavy atom. The van der Waals surface area contributed by atoms with Crippen LogP contribution in [0.25, 0.3) is 33.3 Å². The number of fused-ring (bicyclic) bond motifs is 1. The molecule has 63 heavy (non-hydrogen) atoms. The number of carbonyl (C=O) groups excluding carboxylic acids is 1. The van der Waals surface area contributed by atoms with Crippen molar-refractivity contribution in [1.29, 1.82) is 0 Å². The summed E-state index contributed by atoms with van der Waals surface area (Å²) in [6.45, 7) is 5.36. The summed E-state index contributed by atoms with van der Waals surface area (Å²) in [5.74, 6) is -3.54. The summed E-state index contributed by atoms with van der Waals surface area (Å²) < 4.78 is 77.7. The minimum atomic E-state index is -3.84. The number of hydrogen-bond donors (Lipinski definition) is 4. The number of nitrogens with zero attached hydrogens (tertiary/aromatic N) is 4. The van der Waals surface area contributed by atoms with E-state index >= 15 is 4.39 Å². The van der Waals surface area contributed by atoms with Gasteiger partial charge in [-0.1, -0.05) is 53.9 Å². The number of halogens is 6. The SMILES string of the molecule is CCCS(=O)(=O)Nc1ccc(F)c(C(=O)c2c[nH]c3ncc(-c4ccc(Cl)cc4)cc23)c1F.C[C@@H](Oc1cc(-c2cnn(C3CCNCC3)c2)cnc1N)c1c(Cl)ccc(F)c1Cl. The lowest BCUT2D eigenvalue weighted by Gasteiger charge is -2.22. The first-order valence-corrected chi connectivity index (χ1v) is 22.5. The fraction of sp³-hybridized carbons (Fsp3) is 0.227. The molecule has 19 heteroatoms. The van der Waals surface area contributed by atoms with Crippen LogP contribution in [0.4, 0.5) is 24.7 Å². The number of H-pyrrole nitrogens is 1. The lowest BCUT2D eigenvalue weighted by atomic mass is 10.00. The second-order valence-corrected chi connectivity index (χ2v) is 17.7. The molecule has 1 aliphatic heterocycles. The molecule has 1 atom stereocenters. The first kappa shape index (κ1) is 45.4. The van der Waals surface area contributed by atoms with E-state index in [0.717, 1.165) is 54.8 Å². The van der Waals surface area contributed by atoms with Crippen LogP contribution in [0.2, 0.25) is 15.1 Å². The Morgan fingerprint density at radius 2 is 1.63 bits per heavy atom. The maximum absolute atomic E-state index is 15.1. The Bertz CT molecular complexity index is 2910. The van der Waals surface area contributed by atoms with E-state index in [4.69, 9.17) is 45.3 Å². The van der Waals surface area contributed by atoms with Gasteiger partial charge in [-0.15, -0.1) is 0 Å². The summed E-state index contributed by atoms with van der Waals surface area (Å²) in [6.07, 6.45) is 10.2. The standard InChI is InChI=1S/C23H18ClF2N3O3S.C21H22Cl2FN5O/c1-2-9-33(31,32)29-19-8-7-18(25)20(21(19)26)22(30)17-12-28-23-16(17)10-14(11-27-23)13-3-5-15(24)6-4-13;1-12(19-16(22)2-3-17(24)20(19)23)30-18-8-13(9-27-21(18)25)14-10-28-29(11-14)15-4-6-26-7-5-15/h3-8,10-12,29H,2,9H2,1H3,(H,27,28);2-3,8-12,15,26H,4-7H2,1H3,(H2,25,27)/t;12-/m.1/s1. The van der Waals surface area contributed by atoms with Crippen LogP contribution < -0.4 is 20.5 Å². The average Bonchev–Trinajstić information content (AvgIpc) is 3.93. The highest BCUT2D eigenvalue weighted by Crippen LogP contribution is 2.37. The Kier molecular flexibility index (Phi) is 14.0. The van der Waals surface area contributed by atoms with Gasteiger partial charge >= 0.3 is 0 Å². The van der Waals surface area contributed by atoms with Gasteiger partial charge in [-0.2, -0.15) is 5.10 Å². The maximum atomic E-state index is 15.1. The van der Waals surface area contributed by atoms with Crippen molar-refractivity contribution in [2.24, 2.45) is 0 Å². The van der Waals surface area contributed by atoms with Crippen molar-refractivity contribution in [2.45, 2.75) is 45.3 Å². The number of nitrogens with one attached hydrogen (secondary N) is 3. The number of nitrogen functional groups attached to an aromatic ring is 1. The van der Waals surface area contributed by atoms with E-state index in [1.54, 1.807) is 62.6 Å². The van der Waals surface area contributed by atoms with Gasteiger partial charge in [-0.25, -0.2) is 31.6 Å². The molecule has 0 saturated carbocycles. The molecule has 0 radical (unpaired) electrons. The molecule has 5 heterocycles. The molecule has 0 amide bonds. The van der Waals surface area contributed by atoms with Crippen LogP contribution in [0.15, 0.2) is 91.6 Å². The zero-order valence-corrected chi connectivity index (χ0v) is 36.8. The van der Waals surface area contributed by atoms with E-state index < -0.39 is 50.6 Å². The molecular weight excluding hydrogens is 900 g/mol. The topological polar surface area (TPSA) is 170 Å². The van der Waals surface area contributed by atoms with Gasteiger partial charge in [0.05, 0.1) is 34.3 Å². The number of ketones is 1. The van der Waals surface area contributed by atoms with Crippen LogP contribution in [-0.2, 0) is 10.0 Å². The quantitative estimate of drug-likeness (QED) is 0.0688. The molecule has 0 unspecified atom stereocenters. The number of carbonyl (C=O) groups is 1. The first-order chi connectivity index (χ1) is 30.1. The van der Waals surface area contributed by atoms with Crippen molar-refractivity contribution in [1.82, 2.24) is 30.0 Å². The van der Waals surface area contributed by atoms with E-state index in [-0.39, 0.29) is 22.2 Å². The maximum Gasteiger partial charge on any atom is 0.232 e. The van der Waals surface area contributed by atoms with Crippen LogP contribution in [0.5, 0.6) is 5.75 Å². The highest BCUT2D eigenvalue weighted by atomic mass is 35.5. The molecule has 3 aromatic carbocycles. The molecule has 12 nitrogen and oxygen atoms in total. The summed E-state index contributed by atoms with van der Waals surface area (Å²) >= 11 is 18.2. The van der Waals surface area contributed by atoms with Crippen molar-refractivity contribution < 1.29 is 31.1 Å². The molecule has 0 spiro atoms. The van der Waals surface area contributed by atoms with Crippen LogP contribution in [0, 0.1) is 17.5 Å². The summed E-state index contributed by atoms with van der Waals surface area (Å²) in [5.41, 5.74) is 8.59. The van der Waals surface area contributed by atoms with Gasteiger partial charge in [0.15, 0.2) is 17.4 Å². The average molecular weight is 940 g/mol. The number of hydrogen-bond acceptors (Lipinski definition) is 9. The van der Waals surface area contributed by atoms with Gasteiger partial charge in [-0.05, 0) is 93.4 Å². The summed E-state index contributed by atoms with van der Waals surface area (Å²) in [5, 5.41) is 9.05. The van der Waals surface area contributed by atoms with Gasteiger partial charge < -0.3 is 20.8 Å². The van der Waals surface area contributed by atoms with E-state index in [2.05, 4.69) is 30.1 Å². The first-order valence-electron chi connectivity index (χ1n) is 19.7. The number of aromatic amines is 1. The van der Waals surface area contributed by atoms with E-state index in [9.17, 15) is 22.0 Å². The zero-order chi connectivity index (χ0) is 45.0. The van der Waals surface area contributed by atoms with Gasteiger partial charge in [0, 0.05) is 68.0 Å². The molecule has 4 aromatic heterocycles. The molecule has 0 bridgehead atoms. The fourth-order valence-corrected chi connectivity index (χ4v) is 9.02. The lowest BCUT2D eigenvalue weighted by molar-refractivity contribution is 0.103. The molecule has 0 aliphatic carbocycles. The van der Waals surface area contributed by atoms with Crippen molar-refractivity contribution in [3.8, 4) is 28.0 Å². The smallest absolute Gasteiger partial charge is 0.232 e. The monoisotopic (exact) mass is 938 g/mol. The predicted molar refractivity (Wildman–Crippen MR) is 241 cm³/mol. The fourth-order valence-electron chi connectivity index (χ4n) is 7.08. The van der Waals surface area contributed by atoms with Crippen LogP contribution in [0.1, 0.15) is 66.7 Å². The molecule has 5 N–H and O–H groups in total. The predicted octanol–water partition coefficient (Wildman–Crippen LogP) is 10.6. The number of piperidine rings is 1.